The van der Waals surface area contributed by atoms with Crippen LogP contribution in [-0.4, -0.2) is 43.1 Å². The number of ether oxygens (including phenoxy) is 2. The van der Waals surface area contributed by atoms with Gasteiger partial charge in [-0.05, 0) is 56.0 Å². The number of anilines is 1. The number of nitrogens with one attached hydrogen (secondary N) is 1. The summed E-state index contributed by atoms with van der Waals surface area (Å²) in [6, 6.07) is 12.7. The lowest BCUT2D eigenvalue weighted by molar-refractivity contribution is -0.119. The Hall–Kier alpha value is -3.39. The lowest BCUT2D eigenvalue weighted by Crippen LogP contribution is -2.37. The Morgan fingerprint density at radius 1 is 0.973 bits per heavy atom. The maximum absolute atomic E-state index is 13.3. The first kappa shape index (κ1) is 25.3. The van der Waals surface area contributed by atoms with Crippen LogP contribution in [-0.2, 0) is 14.4 Å². The number of carbonyl (C=O) groups is 3. The number of hydrogen-bond donors (Lipinski definition) is 1. The van der Waals surface area contributed by atoms with Crippen LogP contribution >= 0.6 is 15.9 Å². The predicted octanol–water partition coefficient (Wildman–Crippen LogP) is 5.52. The molecule has 37 heavy (non-hydrogen) atoms. The van der Waals surface area contributed by atoms with E-state index in [9.17, 15) is 14.4 Å². The molecule has 0 unspecified atom stereocenters. The molecule has 0 radical (unpaired) electrons. The van der Waals surface area contributed by atoms with Crippen molar-refractivity contribution in [3.63, 3.8) is 0 Å². The SMILES string of the molecule is COc1ccccc1NC(=O)COc1ccc(Br)cc1C1C2=C(CCCC2=O)N(C)C2=C1C(=O)CCC2. The third-order valence-electron chi connectivity index (χ3n) is 7.27. The summed E-state index contributed by atoms with van der Waals surface area (Å²) in [4.78, 5) is 41.5. The Morgan fingerprint density at radius 2 is 1.62 bits per heavy atom. The Labute approximate surface area is 224 Å². The molecule has 0 saturated carbocycles. The van der Waals surface area contributed by atoms with E-state index < -0.39 is 5.92 Å². The van der Waals surface area contributed by atoms with E-state index in [2.05, 4.69) is 26.1 Å². The molecule has 1 heterocycles. The molecule has 0 spiro atoms. The number of Topliss-reactive ketones (excluding diaryl/α,β-unsaturated/α-hetero) is 2. The number of benzene rings is 2. The van der Waals surface area contributed by atoms with Crippen molar-refractivity contribution in [2.24, 2.45) is 0 Å². The Morgan fingerprint density at radius 3 is 2.27 bits per heavy atom. The van der Waals surface area contributed by atoms with Gasteiger partial charge in [-0.25, -0.2) is 0 Å². The number of methoxy groups -OCH3 is 1. The fourth-order valence-electron chi connectivity index (χ4n) is 5.62. The summed E-state index contributed by atoms with van der Waals surface area (Å²) < 4.78 is 12.2. The monoisotopic (exact) mass is 564 g/mol. The molecule has 0 fully saturated rings. The van der Waals surface area contributed by atoms with Gasteiger partial charge in [-0.2, -0.15) is 0 Å². The molecule has 0 saturated heterocycles. The third kappa shape index (κ3) is 4.82. The van der Waals surface area contributed by atoms with Gasteiger partial charge >= 0.3 is 0 Å². The molecule has 1 N–H and O–H groups in total. The minimum Gasteiger partial charge on any atom is -0.495 e. The van der Waals surface area contributed by atoms with E-state index in [4.69, 9.17) is 9.47 Å². The molecule has 2 aromatic rings. The highest BCUT2D eigenvalue weighted by molar-refractivity contribution is 9.10. The van der Waals surface area contributed by atoms with Gasteiger partial charge < -0.3 is 19.7 Å². The fraction of sp³-hybridized carbons (Fsp3) is 0.345. The van der Waals surface area contributed by atoms with Gasteiger partial charge in [0.25, 0.3) is 5.91 Å². The molecule has 5 rings (SSSR count). The van der Waals surface area contributed by atoms with Crippen LogP contribution in [0.5, 0.6) is 11.5 Å². The highest BCUT2D eigenvalue weighted by Crippen LogP contribution is 2.50. The van der Waals surface area contributed by atoms with Gasteiger partial charge in [0.15, 0.2) is 18.2 Å². The maximum Gasteiger partial charge on any atom is 0.262 e. The summed E-state index contributed by atoms with van der Waals surface area (Å²) in [5, 5.41) is 2.82. The maximum atomic E-state index is 13.3. The quantitative estimate of drug-likeness (QED) is 0.497. The summed E-state index contributed by atoms with van der Waals surface area (Å²) >= 11 is 3.56. The minimum absolute atomic E-state index is 0.0721. The summed E-state index contributed by atoms with van der Waals surface area (Å²) in [6.07, 6.45) is 4.12. The van der Waals surface area contributed by atoms with Gasteiger partial charge in [0.1, 0.15) is 11.5 Å². The minimum atomic E-state index is -0.508. The highest BCUT2D eigenvalue weighted by Gasteiger charge is 2.43. The predicted molar refractivity (Wildman–Crippen MR) is 144 cm³/mol. The van der Waals surface area contributed by atoms with Crippen molar-refractivity contribution in [1.29, 1.82) is 0 Å². The van der Waals surface area contributed by atoms with Crippen molar-refractivity contribution in [1.82, 2.24) is 4.90 Å². The van der Waals surface area contributed by atoms with Crippen LogP contribution < -0.4 is 14.8 Å². The number of allylic oxidation sites excluding steroid dienone is 4. The van der Waals surface area contributed by atoms with Crippen LogP contribution in [0.15, 0.2) is 69.5 Å². The zero-order valence-electron chi connectivity index (χ0n) is 20.9. The van der Waals surface area contributed by atoms with Crippen molar-refractivity contribution in [3.05, 3.63) is 75.0 Å². The van der Waals surface area contributed by atoms with E-state index in [0.717, 1.165) is 47.1 Å². The number of amides is 1. The number of halogens is 1. The standard InChI is InChI=1S/C29H29BrN2O5/c1-32-20-8-5-10-22(33)28(20)27(29-21(32)9-6-11-23(29)34)18-15-17(30)13-14-24(18)37-16-26(35)31-19-7-3-4-12-25(19)36-2/h3-4,7,12-15,27H,5-6,8-11,16H2,1-2H3,(H,31,35). The van der Waals surface area contributed by atoms with Crippen molar-refractivity contribution in [3.8, 4) is 11.5 Å². The largest absolute Gasteiger partial charge is 0.495 e. The van der Waals surface area contributed by atoms with Crippen LogP contribution in [0.1, 0.15) is 50.0 Å². The van der Waals surface area contributed by atoms with Crippen molar-refractivity contribution >= 4 is 39.1 Å². The second-order valence-electron chi connectivity index (χ2n) is 9.49. The normalized spacial score (nSPS) is 18.0. The number of carbonyl (C=O) groups excluding carboxylic acids is 3. The van der Waals surface area contributed by atoms with E-state index in [1.807, 2.05) is 31.3 Å². The lowest BCUT2D eigenvalue weighted by Gasteiger charge is -2.42. The number of rotatable bonds is 6. The van der Waals surface area contributed by atoms with Crippen LogP contribution in [0.2, 0.25) is 0 Å². The van der Waals surface area contributed by atoms with Crippen LogP contribution in [0, 0.1) is 0 Å². The molecule has 3 aliphatic rings. The molecular weight excluding hydrogens is 536 g/mol. The van der Waals surface area contributed by atoms with Gasteiger partial charge in [0.2, 0.25) is 0 Å². The van der Waals surface area contributed by atoms with Gasteiger partial charge in [0, 0.05) is 58.4 Å². The zero-order valence-corrected chi connectivity index (χ0v) is 22.5. The second kappa shape index (κ2) is 10.5. The van der Waals surface area contributed by atoms with Crippen LogP contribution in [0.4, 0.5) is 5.69 Å². The van der Waals surface area contributed by atoms with Gasteiger partial charge in [-0.1, -0.05) is 28.1 Å². The van der Waals surface area contributed by atoms with Crippen LogP contribution in [0.25, 0.3) is 0 Å². The van der Waals surface area contributed by atoms with E-state index in [0.29, 0.717) is 41.2 Å². The molecule has 192 valence electrons. The van der Waals surface area contributed by atoms with Crippen LogP contribution in [0.3, 0.4) is 0 Å². The summed E-state index contributed by atoms with van der Waals surface area (Å²) in [7, 11) is 3.51. The molecule has 1 aliphatic heterocycles. The van der Waals surface area contributed by atoms with Crippen molar-refractivity contribution in [2.75, 3.05) is 26.1 Å². The van der Waals surface area contributed by atoms with Gasteiger partial charge in [-0.15, -0.1) is 0 Å². The highest BCUT2D eigenvalue weighted by atomic mass is 79.9. The molecule has 2 aromatic carbocycles. The van der Waals surface area contributed by atoms with Gasteiger partial charge in [-0.3, -0.25) is 14.4 Å². The Balaban J connectivity index is 1.51. The van der Waals surface area contributed by atoms with E-state index >= 15 is 0 Å². The first-order chi connectivity index (χ1) is 17.9. The van der Waals surface area contributed by atoms with Crippen molar-refractivity contribution in [2.45, 2.75) is 44.4 Å². The molecule has 0 aromatic heterocycles. The average Bonchev–Trinajstić information content (AvgIpc) is 2.89. The number of ketones is 2. The van der Waals surface area contributed by atoms with E-state index in [1.54, 1.807) is 25.3 Å². The van der Waals surface area contributed by atoms with E-state index in [1.165, 1.54) is 0 Å². The molecule has 2 aliphatic carbocycles. The smallest absolute Gasteiger partial charge is 0.262 e. The van der Waals surface area contributed by atoms with E-state index in [-0.39, 0.29) is 24.1 Å². The number of para-hydroxylation sites is 2. The third-order valence-corrected chi connectivity index (χ3v) is 7.76. The lowest BCUT2D eigenvalue weighted by atomic mass is 9.71. The molecule has 0 bridgehead atoms. The first-order valence-corrected chi connectivity index (χ1v) is 13.3. The summed E-state index contributed by atoms with van der Waals surface area (Å²) in [6.45, 7) is -0.237. The molecule has 1 amide bonds. The first-order valence-electron chi connectivity index (χ1n) is 12.5. The fourth-order valence-corrected chi connectivity index (χ4v) is 6.00. The second-order valence-corrected chi connectivity index (χ2v) is 10.4. The Kier molecular flexibility index (Phi) is 7.20. The average molecular weight is 565 g/mol. The number of nitrogens with zero attached hydrogens (tertiary/aromatic N) is 1. The number of hydrogen-bond acceptors (Lipinski definition) is 6. The molecule has 8 heteroatoms. The van der Waals surface area contributed by atoms with Crippen molar-refractivity contribution < 1.29 is 23.9 Å². The Bertz CT molecular complexity index is 1300. The summed E-state index contributed by atoms with van der Waals surface area (Å²) in [5.74, 6) is 0.321. The van der Waals surface area contributed by atoms with Gasteiger partial charge in [0.05, 0.1) is 12.8 Å². The topological polar surface area (TPSA) is 84.9 Å². The zero-order chi connectivity index (χ0) is 26.1. The molecular formula is C29H29BrN2O5. The summed E-state index contributed by atoms with van der Waals surface area (Å²) in [5.41, 5.74) is 4.63. The molecule has 0 atom stereocenters. The molecule has 7 nitrogen and oxygen atoms in total.